The number of benzene rings is 1. The lowest BCUT2D eigenvalue weighted by atomic mass is 10.3. The summed E-state index contributed by atoms with van der Waals surface area (Å²) in [6.07, 6.45) is -2.71. The molecule has 1 N–H and O–H groups in total. The number of aliphatic hydroxyl groups is 1. The van der Waals surface area contributed by atoms with Crippen molar-refractivity contribution in [3.05, 3.63) is 29.3 Å². The molecular weight excluding hydrogens is 282 g/mol. The number of aliphatic hydroxyl groups excluding tert-OH is 1. The minimum absolute atomic E-state index is 0.134. The minimum atomic E-state index is -2.46. The Morgan fingerprint density at radius 2 is 2.06 bits per heavy atom. The molecule has 1 unspecified atom stereocenters. The average molecular weight is 297 g/mol. The highest BCUT2D eigenvalue weighted by molar-refractivity contribution is 7.99. The Morgan fingerprint density at radius 3 is 2.72 bits per heavy atom. The number of alkyl halides is 2. The number of rotatable bonds is 8. The average Bonchev–Trinajstić information content (AvgIpc) is 2.33. The quantitative estimate of drug-likeness (QED) is 0.588. The van der Waals surface area contributed by atoms with Gasteiger partial charge in [0.15, 0.2) is 0 Å². The molecule has 0 saturated heterocycles. The molecule has 6 heteroatoms. The van der Waals surface area contributed by atoms with Crippen LogP contribution in [0.3, 0.4) is 0 Å². The topological polar surface area (TPSA) is 29.5 Å². The molecule has 1 rings (SSSR count). The van der Waals surface area contributed by atoms with Crippen molar-refractivity contribution in [2.24, 2.45) is 0 Å². The van der Waals surface area contributed by atoms with Crippen LogP contribution in [0.25, 0.3) is 0 Å². The first-order valence-corrected chi connectivity index (χ1v) is 6.87. The molecule has 1 atom stereocenters. The minimum Gasteiger partial charge on any atom is -0.392 e. The summed E-state index contributed by atoms with van der Waals surface area (Å²) in [7, 11) is 0. The zero-order valence-electron chi connectivity index (χ0n) is 9.69. The van der Waals surface area contributed by atoms with Crippen molar-refractivity contribution in [1.29, 1.82) is 0 Å². The monoisotopic (exact) mass is 296 g/mol. The first kappa shape index (κ1) is 15.7. The van der Waals surface area contributed by atoms with E-state index in [2.05, 4.69) is 0 Å². The van der Waals surface area contributed by atoms with Gasteiger partial charge in [0, 0.05) is 17.3 Å². The fourth-order valence-corrected chi connectivity index (χ4v) is 2.44. The van der Waals surface area contributed by atoms with Crippen LogP contribution < -0.4 is 0 Å². The molecule has 18 heavy (non-hydrogen) atoms. The molecule has 0 aliphatic carbocycles. The Labute approximate surface area is 114 Å². The van der Waals surface area contributed by atoms with E-state index in [9.17, 15) is 13.9 Å². The first-order chi connectivity index (χ1) is 8.59. The summed E-state index contributed by atoms with van der Waals surface area (Å²) >= 11 is 7.39. The van der Waals surface area contributed by atoms with Gasteiger partial charge in [-0.15, -0.1) is 11.8 Å². The maximum absolute atomic E-state index is 11.8. The van der Waals surface area contributed by atoms with Crippen molar-refractivity contribution in [3.8, 4) is 0 Å². The van der Waals surface area contributed by atoms with E-state index >= 15 is 0 Å². The molecule has 0 spiro atoms. The van der Waals surface area contributed by atoms with Gasteiger partial charge in [-0.2, -0.15) is 0 Å². The zero-order chi connectivity index (χ0) is 13.4. The molecule has 0 bridgehead atoms. The highest BCUT2D eigenvalue weighted by Gasteiger charge is 2.08. The summed E-state index contributed by atoms with van der Waals surface area (Å²) in [5, 5.41) is 10.3. The predicted molar refractivity (Wildman–Crippen MR) is 69.6 cm³/mol. The van der Waals surface area contributed by atoms with Crippen LogP contribution in [0.15, 0.2) is 29.2 Å². The van der Waals surface area contributed by atoms with Crippen molar-refractivity contribution in [2.75, 3.05) is 19.0 Å². The van der Waals surface area contributed by atoms with Crippen LogP contribution >= 0.6 is 23.4 Å². The van der Waals surface area contributed by atoms with Gasteiger partial charge in [-0.1, -0.05) is 23.7 Å². The Hall–Kier alpha value is -0.360. The molecular formula is C12H15ClF2O2S. The Morgan fingerprint density at radius 1 is 1.33 bits per heavy atom. The first-order valence-electron chi connectivity index (χ1n) is 5.51. The highest BCUT2D eigenvalue weighted by Crippen LogP contribution is 2.27. The van der Waals surface area contributed by atoms with Crippen LogP contribution in [0.4, 0.5) is 8.78 Å². The molecule has 0 aliphatic heterocycles. The van der Waals surface area contributed by atoms with Crippen LogP contribution in [0.1, 0.15) is 6.42 Å². The molecule has 0 aromatic heterocycles. The third-order valence-corrected chi connectivity index (χ3v) is 3.77. The van der Waals surface area contributed by atoms with Crippen molar-refractivity contribution in [3.63, 3.8) is 0 Å². The summed E-state index contributed by atoms with van der Waals surface area (Å²) < 4.78 is 28.2. The van der Waals surface area contributed by atoms with E-state index in [0.29, 0.717) is 17.2 Å². The van der Waals surface area contributed by atoms with Gasteiger partial charge in [-0.25, -0.2) is 8.78 Å². The standard InChI is InChI=1S/C12H15ClF2O2S/c13-10-3-1-2-4-11(10)18-8-9(16)5-6-17-7-12(14)15/h1-4,9,12,16H,5-8H2. The van der Waals surface area contributed by atoms with E-state index in [4.69, 9.17) is 16.3 Å². The van der Waals surface area contributed by atoms with Gasteiger partial charge in [0.05, 0.1) is 11.1 Å². The van der Waals surface area contributed by atoms with E-state index in [1.807, 2.05) is 18.2 Å². The lowest BCUT2D eigenvalue weighted by Gasteiger charge is -2.11. The second-order valence-corrected chi connectivity index (χ2v) is 5.12. The van der Waals surface area contributed by atoms with Gasteiger partial charge in [-0.3, -0.25) is 0 Å². The molecule has 0 amide bonds. The molecule has 0 fully saturated rings. The van der Waals surface area contributed by atoms with Crippen LogP contribution in [0.2, 0.25) is 5.02 Å². The van der Waals surface area contributed by atoms with Crippen LogP contribution in [-0.2, 0) is 4.74 Å². The third kappa shape index (κ3) is 6.54. The lowest BCUT2D eigenvalue weighted by Crippen LogP contribution is -2.15. The smallest absolute Gasteiger partial charge is 0.261 e. The Kier molecular flexibility index (Phi) is 7.58. The fourth-order valence-electron chi connectivity index (χ4n) is 1.22. The number of ether oxygens (including phenoxy) is 1. The largest absolute Gasteiger partial charge is 0.392 e. The summed E-state index contributed by atoms with van der Waals surface area (Å²) in [4.78, 5) is 0.895. The number of hydrogen-bond donors (Lipinski definition) is 1. The van der Waals surface area contributed by atoms with E-state index in [1.54, 1.807) is 6.07 Å². The van der Waals surface area contributed by atoms with Gasteiger partial charge in [0.25, 0.3) is 6.43 Å². The third-order valence-electron chi connectivity index (χ3n) is 2.11. The molecule has 1 aromatic carbocycles. The van der Waals surface area contributed by atoms with Gasteiger partial charge in [0.1, 0.15) is 6.61 Å². The van der Waals surface area contributed by atoms with Crippen LogP contribution in [0.5, 0.6) is 0 Å². The molecule has 102 valence electrons. The summed E-state index contributed by atoms with van der Waals surface area (Å²) in [6.45, 7) is -0.445. The summed E-state index contributed by atoms with van der Waals surface area (Å²) in [5.74, 6) is 0.460. The van der Waals surface area contributed by atoms with Crippen molar-refractivity contribution in [1.82, 2.24) is 0 Å². The number of thioether (sulfide) groups is 1. The van der Waals surface area contributed by atoms with Gasteiger partial charge < -0.3 is 9.84 Å². The van der Waals surface area contributed by atoms with E-state index in [-0.39, 0.29) is 6.61 Å². The Balaban J connectivity index is 2.17. The van der Waals surface area contributed by atoms with Crippen LogP contribution in [0, 0.1) is 0 Å². The maximum atomic E-state index is 11.8. The van der Waals surface area contributed by atoms with Gasteiger partial charge in [0.2, 0.25) is 0 Å². The Bertz CT molecular complexity index is 353. The zero-order valence-corrected chi connectivity index (χ0v) is 11.3. The number of halogens is 3. The normalized spacial score (nSPS) is 12.9. The van der Waals surface area contributed by atoms with E-state index < -0.39 is 19.1 Å². The van der Waals surface area contributed by atoms with Crippen molar-refractivity contribution < 1.29 is 18.6 Å². The molecule has 0 heterocycles. The van der Waals surface area contributed by atoms with Crippen LogP contribution in [-0.4, -0.2) is 36.6 Å². The lowest BCUT2D eigenvalue weighted by molar-refractivity contribution is 0.00716. The highest BCUT2D eigenvalue weighted by atomic mass is 35.5. The van der Waals surface area contributed by atoms with E-state index in [1.165, 1.54) is 11.8 Å². The number of hydrogen-bond acceptors (Lipinski definition) is 3. The summed E-state index contributed by atoms with van der Waals surface area (Å²) in [6, 6.07) is 7.35. The van der Waals surface area contributed by atoms with Gasteiger partial charge >= 0.3 is 0 Å². The van der Waals surface area contributed by atoms with Crippen molar-refractivity contribution >= 4 is 23.4 Å². The molecule has 0 radical (unpaired) electrons. The van der Waals surface area contributed by atoms with Crippen molar-refractivity contribution in [2.45, 2.75) is 23.8 Å². The SMILES string of the molecule is OC(CCOCC(F)F)CSc1ccccc1Cl. The molecule has 2 nitrogen and oxygen atoms in total. The second kappa shape index (κ2) is 8.69. The maximum Gasteiger partial charge on any atom is 0.261 e. The fraction of sp³-hybridized carbons (Fsp3) is 0.500. The summed E-state index contributed by atoms with van der Waals surface area (Å²) in [5.41, 5.74) is 0. The predicted octanol–water partition coefficient (Wildman–Crippen LogP) is 3.46. The second-order valence-electron chi connectivity index (χ2n) is 3.65. The molecule has 0 saturated carbocycles. The van der Waals surface area contributed by atoms with Gasteiger partial charge in [-0.05, 0) is 18.6 Å². The molecule has 0 aliphatic rings. The van der Waals surface area contributed by atoms with E-state index in [0.717, 1.165) is 4.90 Å². The molecule has 1 aromatic rings.